The largest absolute Gasteiger partial charge is 0.497 e. The fraction of sp³-hybridized carbons (Fsp3) is 0.353. The van der Waals surface area contributed by atoms with E-state index in [4.69, 9.17) is 4.74 Å². The van der Waals surface area contributed by atoms with Gasteiger partial charge in [-0.05, 0) is 18.1 Å². The fourth-order valence-electron chi connectivity index (χ4n) is 3.36. The van der Waals surface area contributed by atoms with Gasteiger partial charge in [0.25, 0.3) is 5.56 Å². The van der Waals surface area contributed by atoms with Crippen LogP contribution in [0.3, 0.4) is 0 Å². The van der Waals surface area contributed by atoms with Crippen molar-refractivity contribution in [2.24, 2.45) is 13.0 Å². The molecule has 3 aromatic rings. The number of H-pyrrole nitrogens is 1. The molecule has 1 aliphatic heterocycles. The first kappa shape index (κ1) is 15.5. The van der Waals surface area contributed by atoms with Crippen LogP contribution in [0.25, 0.3) is 11.2 Å². The molecule has 0 spiro atoms. The lowest BCUT2D eigenvalue weighted by Gasteiger charge is -2.33. The van der Waals surface area contributed by atoms with E-state index < -0.39 is 11.2 Å². The highest BCUT2D eigenvalue weighted by Crippen LogP contribution is 2.33. The molecule has 0 bridgehead atoms. The Morgan fingerprint density at radius 1 is 1.28 bits per heavy atom. The van der Waals surface area contributed by atoms with Gasteiger partial charge >= 0.3 is 5.69 Å². The van der Waals surface area contributed by atoms with Crippen molar-refractivity contribution < 1.29 is 4.74 Å². The second-order valence-electron chi connectivity index (χ2n) is 6.43. The van der Waals surface area contributed by atoms with Crippen LogP contribution in [0.2, 0.25) is 0 Å². The van der Waals surface area contributed by atoms with Crippen molar-refractivity contribution in [3.63, 3.8) is 0 Å². The first-order valence-corrected chi connectivity index (χ1v) is 8.10. The molecule has 1 atom stereocenters. The maximum Gasteiger partial charge on any atom is 0.329 e. The number of ether oxygens (including phenoxy) is 1. The van der Waals surface area contributed by atoms with E-state index >= 15 is 0 Å². The number of fused-ring (bicyclic) bond motifs is 3. The van der Waals surface area contributed by atoms with Gasteiger partial charge in [-0.1, -0.05) is 13.0 Å². The number of aromatic nitrogens is 4. The molecule has 3 heterocycles. The van der Waals surface area contributed by atoms with E-state index in [2.05, 4.69) is 21.8 Å². The highest BCUT2D eigenvalue weighted by molar-refractivity contribution is 5.77. The van der Waals surface area contributed by atoms with Gasteiger partial charge in [0.15, 0.2) is 11.2 Å². The number of benzene rings is 1. The molecule has 0 radical (unpaired) electrons. The van der Waals surface area contributed by atoms with Crippen LogP contribution in [0.1, 0.15) is 6.92 Å². The smallest absolute Gasteiger partial charge is 0.329 e. The number of nitrogens with zero attached hydrogens (tertiary/aromatic N) is 4. The van der Waals surface area contributed by atoms with E-state index in [1.165, 1.54) is 4.57 Å². The van der Waals surface area contributed by atoms with Crippen LogP contribution >= 0.6 is 0 Å². The minimum absolute atomic E-state index is 0.313. The number of hydrogen-bond donors (Lipinski definition) is 1. The summed E-state index contributed by atoms with van der Waals surface area (Å²) in [6.07, 6.45) is 0. The molecular weight excluding hydrogens is 322 g/mol. The minimum atomic E-state index is -0.464. The Balaban J connectivity index is 1.99. The molecule has 8 nitrogen and oxygen atoms in total. The predicted octanol–water partition coefficient (Wildman–Crippen LogP) is 1.22. The summed E-state index contributed by atoms with van der Waals surface area (Å²) in [6.45, 7) is 3.56. The third kappa shape index (κ3) is 2.33. The first-order valence-electron chi connectivity index (χ1n) is 8.10. The second-order valence-corrected chi connectivity index (χ2v) is 6.43. The summed E-state index contributed by atoms with van der Waals surface area (Å²) < 4.78 is 8.58. The van der Waals surface area contributed by atoms with Gasteiger partial charge in [-0.2, -0.15) is 4.98 Å². The molecule has 0 saturated carbocycles. The Kier molecular flexibility index (Phi) is 3.41. The molecule has 8 heteroatoms. The zero-order valence-corrected chi connectivity index (χ0v) is 14.3. The zero-order valence-electron chi connectivity index (χ0n) is 14.3. The van der Waals surface area contributed by atoms with Gasteiger partial charge in [0.2, 0.25) is 5.95 Å². The Bertz CT molecular complexity index is 1080. The molecule has 25 heavy (non-hydrogen) atoms. The fourth-order valence-corrected chi connectivity index (χ4v) is 3.36. The van der Waals surface area contributed by atoms with E-state index in [1.807, 2.05) is 28.8 Å². The van der Waals surface area contributed by atoms with Crippen LogP contribution < -0.4 is 20.9 Å². The average Bonchev–Trinajstić information content (AvgIpc) is 2.99. The molecule has 2 aromatic heterocycles. The highest BCUT2D eigenvalue weighted by Gasteiger charge is 2.29. The number of methoxy groups -OCH3 is 1. The molecule has 0 saturated heterocycles. The Morgan fingerprint density at radius 2 is 2.08 bits per heavy atom. The van der Waals surface area contributed by atoms with Crippen LogP contribution in [-0.4, -0.2) is 32.8 Å². The van der Waals surface area contributed by atoms with Gasteiger partial charge in [0, 0.05) is 31.9 Å². The molecule has 4 rings (SSSR count). The van der Waals surface area contributed by atoms with E-state index in [1.54, 1.807) is 14.2 Å². The molecule has 0 aliphatic carbocycles. The topological polar surface area (TPSA) is 85.2 Å². The molecule has 130 valence electrons. The van der Waals surface area contributed by atoms with E-state index in [-0.39, 0.29) is 0 Å². The molecule has 0 amide bonds. The molecule has 1 aromatic carbocycles. The van der Waals surface area contributed by atoms with Gasteiger partial charge in [-0.25, -0.2) is 4.79 Å². The van der Waals surface area contributed by atoms with E-state index in [9.17, 15) is 9.59 Å². The van der Waals surface area contributed by atoms with Crippen LogP contribution in [0.4, 0.5) is 11.6 Å². The molecular formula is C17H19N5O3. The first-order chi connectivity index (χ1) is 12.0. The van der Waals surface area contributed by atoms with Gasteiger partial charge in [-0.15, -0.1) is 0 Å². The minimum Gasteiger partial charge on any atom is -0.497 e. The van der Waals surface area contributed by atoms with Crippen LogP contribution in [-0.2, 0) is 13.6 Å². The monoisotopic (exact) mass is 341 g/mol. The Hall–Kier alpha value is -3.03. The van der Waals surface area contributed by atoms with Crippen LogP contribution in [0.15, 0.2) is 33.9 Å². The maximum atomic E-state index is 12.4. The average molecular weight is 341 g/mol. The second kappa shape index (κ2) is 5.51. The summed E-state index contributed by atoms with van der Waals surface area (Å²) in [6, 6.07) is 7.72. The lowest BCUT2D eigenvalue weighted by Crippen LogP contribution is -2.35. The van der Waals surface area contributed by atoms with Crippen molar-refractivity contribution in [1.29, 1.82) is 0 Å². The molecule has 0 unspecified atom stereocenters. The summed E-state index contributed by atoms with van der Waals surface area (Å²) in [7, 11) is 3.24. The summed E-state index contributed by atoms with van der Waals surface area (Å²) in [5.41, 5.74) is 0.886. The number of aryl methyl sites for hydroxylation is 1. The molecule has 0 fully saturated rings. The van der Waals surface area contributed by atoms with Crippen LogP contribution in [0, 0.1) is 5.92 Å². The number of imidazole rings is 1. The lowest BCUT2D eigenvalue weighted by molar-refractivity contribution is 0.414. The van der Waals surface area contributed by atoms with Crippen molar-refractivity contribution in [2.75, 3.05) is 18.6 Å². The summed E-state index contributed by atoms with van der Waals surface area (Å²) in [4.78, 5) is 33.3. The molecule has 1 aliphatic rings. The summed E-state index contributed by atoms with van der Waals surface area (Å²) in [5, 5.41) is 0. The number of rotatable bonds is 2. The number of aromatic amines is 1. The van der Waals surface area contributed by atoms with Crippen molar-refractivity contribution in [3.8, 4) is 5.75 Å². The summed E-state index contributed by atoms with van der Waals surface area (Å²) in [5.74, 6) is 1.73. The number of hydrogen-bond acceptors (Lipinski definition) is 5. The van der Waals surface area contributed by atoms with Crippen molar-refractivity contribution in [3.05, 3.63) is 45.1 Å². The lowest BCUT2D eigenvalue weighted by atomic mass is 10.1. The van der Waals surface area contributed by atoms with Crippen molar-refractivity contribution >= 4 is 22.8 Å². The Morgan fingerprint density at radius 3 is 2.84 bits per heavy atom. The van der Waals surface area contributed by atoms with Gasteiger partial charge in [-0.3, -0.25) is 14.3 Å². The third-order valence-electron chi connectivity index (χ3n) is 4.58. The van der Waals surface area contributed by atoms with E-state index in [0.717, 1.165) is 18.0 Å². The van der Waals surface area contributed by atoms with Crippen LogP contribution in [0.5, 0.6) is 5.75 Å². The maximum absolute atomic E-state index is 12.4. The quantitative estimate of drug-likeness (QED) is 0.757. The zero-order chi connectivity index (χ0) is 17.7. The van der Waals surface area contributed by atoms with E-state index in [0.29, 0.717) is 29.6 Å². The molecule has 1 N–H and O–H groups in total. The van der Waals surface area contributed by atoms with Gasteiger partial charge < -0.3 is 14.2 Å². The Labute approximate surface area is 143 Å². The van der Waals surface area contributed by atoms with Crippen molar-refractivity contribution in [2.45, 2.75) is 13.5 Å². The summed E-state index contributed by atoms with van der Waals surface area (Å²) >= 11 is 0. The van der Waals surface area contributed by atoms with Gasteiger partial charge in [0.1, 0.15) is 5.75 Å². The normalized spacial score (nSPS) is 16.9. The predicted molar refractivity (Wildman–Crippen MR) is 94.8 cm³/mol. The highest BCUT2D eigenvalue weighted by atomic mass is 16.5. The standard InChI is InChI=1S/C17H19N5O3/c1-10-8-21(11-5-4-6-12(7-11)25-3)16-18-14-13(22(16)9-10)15(23)19-17(24)20(14)2/h4-7,10H,8-9H2,1-3H3,(H,19,23,24)/t10-/m1/s1. The number of anilines is 2. The SMILES string of the molecule is COc1cccc(N2C[C@@H](C)Cn3c2nc2c3c(=O)[nH]c(=O)n2C)c1. The number of nitrogens with one attached hydrogen (secondary N) is 1. The van der Waals surface area contributed by atoms with Gasteiger partial charge in [0.05, 0.1) is 7.11 Å². The van der Waals surface area contributed by atoms with Crippen molar-refractivity contribution in [1.82, 2.24) is 19.1 Å². The third-order valence-corrected chi connectivity index (χ3v) is 4.58.